The molecule has 1 aromatic carbocycles. The summed E-state index contributed by atoms with van der Waals surface area (Å²) in [6.07, 6.45) is 6.45. The first-order valence-electron chi connectivity index (χ1n) is 8.07. The molecular formula is C19H17N3O2. The summed E-state index contributed by atoms with van der Waals surface area (Å²) in [7, 11) is 0. The molecular weight excluding hydrogens is 302 g/mol. The molecule has 0 saturated carbocycles. The fourth-order valence-corrected chi connectivity index (χ4v) is 3.16. The minimum absolute atomic E-state index is 0.0287. The van der Waals surface area contributed by atoms with Crippen LogP contribution in [0.3, 0.4) is 0 Å². The number of hydrogen-bond acceptors (Lipinski definition) is 4. The molecule has 1 aliphatic rings. The number of aryl methyl sites for hydroxylation is 1. The summed E-state index contributed by atoms with van der Waals surface area (Å²) >= 11 is 0. The standard InChI is InChI=1S/C19H17N3O2/c23-19(17-11-18(24-22-17)14-7-4-10-20-12-14)21-16-9-3-6-13-5-1-2-8-15(13)16/h1-2,4-5,7-8,10-12,16H,3,6,9H2,(H,21,23)/t16-/m1/s1. The summed E-state index contributed by atoms with van der Waals surface area (Å²) in [6.45, 7) is 0. The lowest BCUT2D eigenvalue weighted by Crippen LogP contribution is -2.31. The lowest BCUT2D eigenvalue weighted by atomic mass is 9.87. The Morgan fingerprint density at radius 1 is 1.21 bits per heavy atom. The van der Waals surface area contributed by atoms with Gasteiger partial charge in [-0.25, -0.2) is 0 Å². The van der Waals surface area contributed by atoms with Crippen LogP contribution in [-0.2, 0) is 6.42 Å². The highest BCUT2D eigenvalue weighted by atomic mass is 16.5. The maximum atomic E-state index is 12.5. The van der Waals surface area contributed by atoms with Crippen molar-refractivity contribution in [3.05, 3.63) is 71.7 Å². The Morgan fingerprint density at radius 2 is 2.12 bits per heavy atom. The van der Waals surface area contributed by atoms with Gasteiger partial charge in [0.1, 0.15) is 0 Å². The number of aromatic nitrogens is 2. The van der Waals surface area contributed by atoms with Crippen LogP contribution >= 0.6 is 0 Å². The van der Waals surface area contributed by atoms with Crippen molar-refractivity contribution in [1.29, 1.82) is 0 Å². The van der Waals surface area contributed by atoms with Gasteiger partial charge >= 0.3 is 0 Å². The number of hydrogen-bond donors (Lipinski definition) is 1. The molecule has 0 radical (unpaired) electrons. The number of nitrogens with zero attached hydrogens (tertiary/aromatic N) is 2. The number of carbonyl (C=O) groups is 1. The zero-order valence-electron chi connectivity index (χ0n) is 13.1. The Morgan fingerprint density at radius 3 is 3.00 bits per heavy atom. The van der Waals surface area contributed by atoms with Gasteiger partial charge < -0.3 is 9.84 Å². The summed E-state index contributed by atoms with van der Waals surface area (Å²) < 4.78 is 5.28. The number of amides is 1. The van der Waals surface area contributed by atoms with Gasteiger partial charge in [-0.3, -0.25) is 9.78 Å². The third-order valence-electron chi connectivity index (χ3n) is 4.36. The zero-order chi connectivity index (χ0) is 16.4. The van der Waals surface area contributed by atoms with Crippen LogP contribution in [0.1, 0.15) is 40.5 Å². The number of carbonyl (C=O) groups excluding carboxylic acids is 1. The van der Waals surface area contributed by atoms with E-state index in [1.54, 1.807) is 18.5 Å². The fourth-order valence-electron chi connectivity index (χ4n) is 3.16. The molecule has 1 N–H and O–H groups in total. The SMILES string of the molecule is O=C(N[C@@H]1CCCc2ccccc21)c1cc(-c2cccnc2)on1. The van der Waals surface area contributed by atoms with E-state index in [-0.39, 0.29) is 17.6 Å². The van der Waals surface area contributed by atoms with E-state index < -0.39 is 0 Å². The van der Waals surface area contributed by atoms with Crippen molar-refractivity contribution in [3.63, 3.8) is 0 Å². The van der Waals surface area contributed by atoms with Crippen LogP contribution in [0.15, 0.2) is 59.4 Å². The predicted molar refractivity (Wildman–Crippen MR) is 89.3 cm³/mol. The third-order valence-corrected chi connectivity index (χ3v) is 4.36. The largest absolute Gasteiger partial charge is 0.355 e. The van der Waals surface area contributed by atoms with Crippen molar-refractivity contribution >= 4 is 5.91 Å². The Hall–Kier alpha value is -2.95. The van der Waals surface area contributed by atoms with Crippen molar-refractivity contribution in [2.45, 2.75) is 25.3 Å². The number of nitrogens with one attached hydrogen (secondary N) is 1. The van der Waals surface area contributed by atoms with E-state index in [1.807, 2.05) is 24.3 Å². The Bertz CT molecular complexity index is 858. The summed E-state index contributed by atoms with van der Waals surface area (Å²) in [4.78, 5) is 16.6. The smallest absolute Gasteiger partial charge is 0.273 e. The van der Waals surface area contributed by atoms with E-state index >= 15 is 0 Å². The molecule has 1 aliphatic carbocycles. The fraction of sp³-hybridized carbons (Fsp3) is 0.211. The first kappa shape index (κ1) is 14.6. The first-order chi connectivity index (χ1) is 11.8. The summed E-state index contributed by atoms with van der Waals surface area (Å²) in [5.74, 6) is 0.327. The number of fused-ring (bicyclic) bond motifs is 1. The molecule has 1 amide bonds. The van der Waals surface area contributed by atoms with E-state index in [4.69, 9.17) is 4.52 Å². The maximum absolute atomic E-state index is 12.5. The molecule has 5 nitrogen and oxygen atoms in total. The predicted octanol–water partition coefficient (Wildman–Crippen LogP) is 3.54. The molecule has 0 unspecified atom stereocenters. The van der Waals surface area contributed by atoms with Crippen LogP contribution < -0.4 is 5.32 Å². The highest BCUT2D eigenvalue weighted by molar-refractivity contribution is 5.93. The molecule has 0 saturated heterocycles. The minimum atomic E-state index is -0.212. The summed E-state index contributed by atoms with van der Waals surface area (Å²) in [5, 5.41) is 6.98. The van der Waals surface area contributed by atoms with E-state index in [9.17, 15) is 4.79 Å². The van der Waals surface area contributed by atoms with E-state index in [0.29, 0.717) is 5.76 Å². The van der Waals surface area contributed by atoms with Crippen LogP contribution in [0, 0.1) is 0 Å². The lowest BCUT2D eigenvalue weighted by Gasteiger charge is -2.25. The summed E-state index contributed by atoms with van der Waals surface area (Å²) in [5.41, 5.74) is 3.60. The molecule has 2 aromatic heterocycles. The van der Waals surface area contributed by atoms with Gasteiger partial charge in [0.2, 0.25) is 0 Å². The molecule has 0 aliphatic heterocycles. The third kappa shape index (κ3) is 2.80. The Labute approximate surface area is 139 Å². The van der Waals surface area contributed by atoms with E-state index in [1.165, 1.54) is 11.1 Å². The highest BCUT2D eigenvalue weighted by Gasteiger charge is 2.23. The van der Waals surface area contributed by atoms with E-state index in [0.717, 1.165) is 24.8 Å². The molecule has 5 heteroatoms. The average molecular weight is 319 g/mol. The van der Waals surface area contributed by atoms with Crippen LogP contribution in [0.5, 0.6) is 0 Å². The lowest BCUT2D eigenvalue weighted by molar-refractivity contribution is 0.0923. The van der Waals surface area contributed by atoms with Gasteiger partial charge in [0.25, 0.3) is 5.91 Å². The molecule has 1 atom stereocenters. The second-order valence-corrected chi connectivity index (χ2v) is 5.94. The van der Waals surface area contributed by atoms with Crippen molar-refractivity contribution in [2.24, 2.45) is 0 Å². The number of pyridine rings is 1. The summed E-state index contributed by atoms with van der Waals surface area (Å²) in [6, 6.07) is 13.6. The second kappa shape index (κ2) is 6.28. The topological polar surface area (TPSA) is 68.0 Å². The minimum Gasteiger partial charge on any atom is -0.355 e. The molecule has 0 spiro atoms. The normalized spacial score (nSPS) is 16.4. The molecule has 2 heterocycles. The number of rotatable bonds is 3. The van der Waals surface area contributed by atoms with Gasteiger partial charge in [-0.2, -0.15) is 0 Å². The van der Waals surface area contributed by atoms with Crippen molar-refractivity contribution in [1.82, 2.24) is 15.5 Å². The maximum Gasteiger partial charge on any atom is 0.273 e. The van der Waals surface area contributed by atoms with Crippen molar-refractivity contribution < 1.29 is 9.32 Å². The zero-order valence-corrected chi connectivity index (χ0v) is 13.1. The molecule has 0 fully saturated rings. The quantitative estimate of drug-likeness (QED) is 0.801. The van der Waals surface area contributed by atoms with Crippen molar-refractivity contribution in [2.75, 3.05) is 0 Å². The van der Waals surface area contributed by atoms with Crippen LogP contribution in [0.4, 0.5) is 0 Å². The van der Waals surface area contributed by atoms with Gasteiger partial charge in [0, 0.05) is 24.0 Å². The average Bonchev–Trinajstić information content (AvgIpc) is 3.13. The molecule has 0 bridgehead atoms. The Balaban J connectivity index is 1.53. The molecule has 3 aromatic rings. The van der Waals surface area contributed by atoms with Gasteiger partial charge in [-0.15, -0.1) is 0 Å². The van der Waals surface area contributed by atoms with Crippen molar-refractivity contribution in [3.8, 4) is 11.3 Å². The molecule has 4 rings (SSSR count). The van der Waals surface area contributed by atoms with Crippen LogP contribution in [0.2, 0.25) is 0 Å². The van der Waals surface area contributed by atoms with Gasteiger partial charge in [0.15, 0.2) is 11.5 Å². The molecule has 24 heavy (non-hydrogen) atoms. The van der Waals surface area contributed by atoms with Gasteiger partial charge in [-0.05, 0) is 42.5 Å². The van der Waals surface area contributed by atoms with Crippen LogP contribution in [-0.4, -0.2) is 16.0 Å². The van der Waals surface area contributed by atoms with Gasteiger partial charge in [0.05, 0.1) is 6.04 Å². The monoisotopic (exact) mass is 319 g/mol. The second-order valence-electron chi connectivity index (χ2n) is 5.94. The molecule has 120 valence electrons. The van der Waals surface area contributed by atoms with Gasteiger partial charge in [-0.1, -0.05) is 29.4 Å². The number of benzene rings is 1. The highest BCUT2D eigenvalue weighted by Crippen LogP contribution is 2.29. The van der Waals surface area contributed by atoms with E-state index in [2.05, 4.69) is 27.6 Å². The first-order valence-corrected chi connectivity index (χ1v) is 8.07. The van der Waals surface area contributed by atoms with Crippen LogP contribution in [0.25, 0.3) is 11.3 Å². The Kier molecular flexibility index (Phi) is 3.83.